The van der Waals surface area contributed by atoms with Crippen molar-refractivity contribution in [2.75, 3.05) is 26.7 Å². The summed E-state index contributed by atoms with van der Waals surface area (Å²) < 4.78 is 25.5. The van der Waals surface area contributed by atoms with Gasteiger partial charge in [-0.25, -0.2) is 13.1 Å². The van der Waals surface area contributed by atoms with Crippen LogP contribution in [0.3, 0.4) is 0 Å². The van der Waals surface area contributed by atoms with Crippen molar-refractivity contribution >= 4 is 28.3 Å². The van der Waals surface area contributed by atoms with Gasteiger partial charge < -0.3 is 10.6 Å². The van der Waals surface area contributed by atoms with Crippen LogP contribution in [-0.4, -0.2) is 45.9 Å². The van der Waals surface area contributed by atoms with Crippen LogP contribution in [0.2, 0.25) is 0 Å². The van der Waals surface area contributed by atoms with Gasteiger partial charge in [-0.2, -0.15) is 0 Å². The fraction of sp³-hybridized carbons (Fsp3) is 0.500. The zero-order chi connectivity index (χ0) is 15.7. The molecule has 1 saturated heterocycles. The molecule has 0 spiro atoms. The molecule has 1 aromatic carbocycles. The second kappa shape index (κ2) is 6.95. The van der Waals surface area contributed by atoms with Crippen LogP contribution in [0.15, 0.2) is 29.2 Å². The Morgan fingerprint density at radius 2 is 1.95 bits per heavy atom. The van der Waals surface area contributed by atoms with Crippen LogP contribution < -0.4 is 10.5 Å². The molecule has 0 bridgehead atoms. The van der Waals surface area contributed by atoms with Crippen molar-refractivity contribution in [3.63, 3.8) is 0 Å². The molecule has 0 aliphatic carbocycles. The molecule has 6 nitrogen and oxygen atoms in total. The van der Waals surface area contributed by atoms with E-state index in [1.807, 2.05) is 0 Å². The third kappa shape index (κ3) is 3.78. The number of nitrogens with zero attached hydrogens (tertiary/aromatic N) is 1. The van der Waals surface area contributed by atoms with E-state index in [0.29, 0.717) is 25.2 Å². The lowest BCUT2D eigenvalue weighted by Crippen LogP contribution is -2.34. The number of hydrogen-bond acceptors (Lipinski definition) is 4. The number of benzene rings is 1. The predicted octanol–water partition coefficient (Wildman–Crippen LogP) is 0.827. The fourth-order valence-electron chi connectivity index (χ4n) is 2.44. The summed E-state index contributed by atoms with van der Waals surface area (Å²) in [7, 11) is -2.12. The van der Waals surface area contributed by atoms with E-state index in [4.69, 9.17) is 5.73 Å². The largest absolute Gasteiger partial charge is 0.338 e. The fourth-order valence-corrected chi connectivity index (χ4v) is 3.17. The molecule has 8 heteroatoms. The van der Waals surface area contributed by atoms with Crippen LogP contribution in [0.1, 0.15) is 23.7 Å². The average Bonchev–Trinajstić information content (AvgIpc) is 2.90. The lowest BCUT2D eigenvalue weighted by atomic mass is 9.90. The van der Waals surface area contributed by atoms with Gasteiger partial charge in [0.15, 0.2) is 0 Å². The summed E-state index contributed by atoms with van der Waals surface area (Å²) in [6.07, 6.45) is 0.890. The van der Waals surface area contributed by atoms with Crippen LogP contribution in [0.5, 0.6) is 0 Å². The minimum Gasteiger partial charge on any atom is -0.338 e. The lowest BCUT2D eigenvalue weighted by Gasteiger charge is -2.22. The molecule has 22 heavy (non-hydrogen) atoms. The zero-order valence-electron chi connectivity index (χ0n) is 12.7. The monoisotopic (exact) mass is 347 g/mol. The van der Waals surface area contributed by atoms with Crippen molar-refractivity contribution in [1.82, 2.24) is 9.62 Å². The van der Waals surface area contributed by atoms with Gasteiger partial charge in [-0.1, -0.05) is 6.92 Å². The molecule has 1 aliphatic heterocycles. The molecule has 1 fully saturated rings. The van der Waals surface area contributed by atoms with Crippen LogP contribution in [0, 0.1) is 5.41 Å². The molecule has 1 amide bonds. The molecule has 1 heterocycles. The third-order valence-electron chi connectivity index (χ3n) is 4.02. The second-order valence-corrected chi connectivity index (χ2v) is 7.61. The number of amides is 1. The first kappa shape index (κ1) is 18.9. The summed E-state index contributed by atoms with van der Waals surface area (Å²) in [6, 6.07) is 5.98. The Morgan fingerprint density at radius 1 is 1.36 bits per heavy atom. The molecular formula is C14H22ClN3O3S. The van der Waals surface area contributed by atoms with E-state index in [-0.39, 0.29) is 28.6 Å². The Labute approximate surface area is 137 Å². The van der Waals surface area contributed by atoms with Crippen LogP contribution in [0.25, 0.3) is 0 Å². The maximum atomic E-state index is 12.4. The summed E-state index contributed by atoms with van der Waals surface area (Å²) in [5.74, 6) is -0.0828. The summed E-state index contributed by atoms with van der Waals surface area (Å²) >= 11 is 0. The summed E-state index contributed by atoms with van der Waals surface area (Å²) in [6.45, 7) is 3.95. The van der Waals surface area contributed by atoms with Gasteiger partial charge in [0, 0.05) is 18.7 Å². The quantitative estimate of drug-likeness (QED) is 0.843. The van der Waals surface area contributed by atoms with Crippen molar-refractivity contribution in [3.05, 3.63) is 29.8 Å². The Bertz CT molecular complexity index is 633. The Balaban J connectivity index is 0.00000242. The van der Waals surface area contributed by atoms with Gasteiger partial charge >= 0.3 is 0 Å². The minimum absolute atomic E-state index is 0. The molecule has 2 rings (SSSR count). The molecular weight excluding hydrogens is 326 g/mol. The van der Waals surface area contributed by atoms with E-state index in [1.54, 1.807) is 17.0 Å². The van der Waals surface area contributed by atoms with Gasteiger partial charge in [0.2, 0.25) is 10.0 Å². The molecule has 1 aliphatic rings. The highest BCUT2D eigenvalue weighted by atomic mass is 35.5. The first-order valence-electron chi connectivity index (χ1n) is 6.84. The van der Waals surface area contributed by atoms with E-state index in [9.17, 15) is 13.2 Å². The third-order valence-corrected chi connectivity index (χ3v) is 5.45. The van der Waals surface area contributed by atoms with Crippen LogP contribution in [-0.2, 0) is 10.0 Å². The molecule has 3 N–H and O–H groups in total. The van der Waals surface area contributed by atoms with E-state index in [0.717, 1.165) is 6.42 Å². The van der Waals surface area contributed by atoms with Gasteiger partial charge in [-0.3, -0.25) is 4.79 Å². The predicted molar refractivity (Wildman–Crippen MR) is 87.6 cm³/mol. The maximum absolute atomic E-state index is 12.4. The van der Waals surface area contributed by atoms with Crippen molar-refractivity contribution in [2.24, 2.45) is 11.1 Å². The first-order chi connectivity index (χ1) is 9.81. The topological polar surface area (TPSA) is 92.5 Å². The van der Waals surface area contributed by atoms with Gasteiger partial charge in [0.1, 0.15) is 0 Å². The van der Waals surface area contributed by atoms with E-state index in [2.05, 4.69) is 11.6 Å². The molecule has 1 atom stereocenters. The summed E-state index contributed by atoms with van der Waals surface area (Å²) in [5, 5.41) is 0. The number of halogens is 1. The molecule has 0 saturated carbocycles. The second-order valence-electron chi connectivity index (χ2n) is 5.72. The van der Waals surface area contributed by atoms with Gasteiger partial charge in [-0.05, 0) is 49.7 Å². The first-order valence-corrected chi connectivity index (χ1v) is 8.33. The van der Waals surface area contributed by atoms with Crippen molar-refractivity contribution in [2.45, 2.75) is 18.2 Å². The lowest BCUT2D eigenvalue weighted by molar-refractivity contribution is 0.0777. The number of carbonyl (C=O) groups is 1. The molecule has 0 radical (unpaired) electrons. The van der Waals surface area contributed by atoms with E-state index in [1.165, 1.54) is 19.2 Å². The molecule has 1 unspecified atom stereocenters. The van der Waals surface area contributed by atoms with Gasteiger partial charge in [-0.15, -0.1) is 12.4 Å². The normalized spacial score (nSPS) is 21.5. The number of carbonyl (C=O) groups excluding carboxylic acids is 1. The average molecular weight is 348 g/mol. The highest BCUT2D eigenvalue weighted by Gasteiger charge is 2.35. The SMILES string of the molecule is CNS(=O)(=O)c1ccc(C(=O)N2CCC(C)(CN)C2)cc1.Cl. The Morgan fingerprint density at radius 3 is 2.41 bits per heavy atom. The number of hydrogen-bond donors (Lipinski definition) is 2. The number of nitrogens with two attached hydrogens (primary N) is 1. The number of rotatable bonds is 4. The van der Waals surface area contributed by atoms with Crippen molar-refractivity contribution < 1.29 is 13.2 Å². The van der Waals surface area contributed by atoms with Crippen LogP contribution >= 0.6 is 12.4 Å². The Hall–Kier alpha value is -1.15. The summed E-state index contributed by atoms with van der Waals surface area (Å²) in [5.41, 5.74) is 6.21. The maximum Gasteiger partial charge on any atom is 0.253 e. The highest BCUT2D eigenvalue weighted by Crippen LogP contribution is 2.29. The standard InChI is InChI=1S/C14H21N3O3S.ClH/c1-14(9-15)7-8-17(10-14)13(18)11-3-5-12(6-4-11)21(19,20)16-2;/h3-6,16H,7-10,15H2,1-2H3;1H. The minimum atomic E-state index is -3.47. The van der Waals surface area contributed by atoms with E-state index < -0.39 is 10.0 Å². The van der Waals surface area contributed by atoms with Gasteiger partial charge in [0.25, 0.3) is 5.91 Å². The Kier molecular flexibility index (Phi) is 5.97. The van der Waals surface area contributed by atoms with Crippen LogP contribution in [0.4, 0.5) is 0 Å². The number of sulfonamides is 1. The van der Waals surface area contributed by atoms with Gasteiger partial charge in [0.05, 0.1) is 4.90 Å². The number of nitrogens with one attached hydrogen (secondary N) is 1. The molecule has 0 aromatic heterocycles. The highest BCUT2D eigenvalue weighted by molar-refractivity contribution is 7.89. The van der Waals surface area contributed by atoms with Crippen molar-refractivity contribution in [3.8, 4) is 0 Å². The summed E-state index contributed by atoms with van der Waals surface area (Å²) in [4.78, 5) is 14.3. The smallest absolute Gasteiger partial charge is 0.253 e. The number of likely N-dealkylation sites (tertiary alicyclic amines) is 1. The van der Waals surface area contributed by atoms with E-state index >= 15 is 0 Å². The zero-order valence-corrected chi connectivity index (χ0v) is 14.3. The molecule has 1 aromatic rings. The van der Waals surface area contributed by atoms with Crippen molar-refractivity contribution in [1.29, 1.82) is 0 Å². The molecule has 124 valence electrons.